The van der Waals surface area contributed by atoms with Gasteiger partial charge in [-0.3, -0.25) is 14.6 Å². The summed E-state index contributed by atoms with van der Waals surface area (Å²) in [4.78, 5) is 13.7. The number of hydrogen-bond donors (Lipinski definition) is 0. The molecule has 1 aliphatic rings. The van der Waals surface area contributed by atoms with Crippen LogP contribution >= 0.6 is 24.0 Å². The van der Waals surface area contributed by atoms with Gasteiger partial charge in [0.2, 0.25) is 0 Å². The number of benzene rings is 1. The van der Waals surface area contributed by atoms with Crippen molar-refractivity contribution in [2.24, 2.45) is 7.05 Å². The van der Waals surface area contributed by atoms with Gasteiger partial charge in [0.15, 0.2) is 5.82 Å². The van der Waals surface area contributed by atoms with Gasteiger partial charge in [0.25, 0.3) is 0 Å². The summed E-state index contributed by atoms with van der Waals surface area (Å²) in [6.07, 6.45) is 3.37. The van der Waals surface area contributed by atoms with E-state index < -0.39 is 0 Å². The van der Waals surface area contributed by atoms with Gasteiger partial charge < -0.3 is 4.90 Å². The number of halogens is 3. The second-order valence-corrected chi connectivity index (χ2v) is 7.34. The molecule has 4 rings (SSSR count). The lowest BCUT2D eigenvalue weighted by molar-refractivity contribution is 0.249. The minimum Gasteiger partial charge on any atom is -0.352 e. The predicted octanol–water partition coefficient (Wildman–Crippen LogP) is 3.72. The van der Waals surface area contributed by atoms with Gasteiger partial charge >= 0.3 is 0 Å². The normalized spacial score (nSPS) is 14.7. The Kier molecular flexibility index (Phi) is 6.72. The molecule has 0 unspecified atom stereocenters. The third-order valence-corrected chi connectivity index (χ3v) is 5.59. The highest BCUT2D eigenvalue weighted by molar-refractivity contribution is 6.30. The highest BCUT2D eigenvalue weighted by Gasteiger charge is 2.23. The highest BCUT2D eigenvalue weighted by atomic mass is 35.5. The highest BCUT2D eigenvalue weighted by Crippen LogP contribution is 2.28. The molecule has 0 bridgehead atoms. The Labute approximate surface area is 180 Å². The molecule has 0 N–H and O–H groups in total. The molecular weight excluding hydrogens is 414 g/mol. The van der Waals surface area contributed by atoms with Crippen LogP contribution in [0.5, 0.6) is 0 Å². The molecule has 6 nitrogen and oxygen atoms in total. The van der Waals surface area contributed by atoms with Crippen LogP contribution in [-0.4, -0.2) is 50.8 Å². The Morgan fingerprint density at radius 2 is 1.69 bits per heavy atom. The molecule has 1 saturated heterocycles. The smallest absolute Gasteiger partial charge is 0.155 e. The number of piperazine rings is 1. The van der Waals surface area contributed by atoms with Crippen LogP contribution in [0.2, 0.25) is 5.15 Å². The van der Waals surface area contributed by atoms with Crippen LogP contribution in [0.1, 0.15) is 11.3 Å². The summed E-state index contributed by atoms with van der Waals surface area (Å²) in [5.41, 5.74) is 3.71. The molecule has 29 heavy (non-hydrogen) atoms. The van der Waals surface area contributed by atoms with Crippen molar-refractivity contribution in [1.82, 2.24) is 24.6 Å². The Balaban J connectivity index is 0.00000240. The molecule has 0 spiro atoms. The number of aromatic nitrogens is 4. The summed E-state index contributed by atoms with van der Waals surface area (Å²) < 4.78 is 15.0. The van der Waals surface area contributed by atoms with Crippen molar-refractivity contribution in [3.8, 4) is 11.3 Å². The summed E-state index contributed by atoms with van der Waals surface area (Å²) in [6, 6.07) is 6.38. The summed E-state index contributed by atoms with van der Waals surface area (Å²) in [5.74, 6) is 0.580. The molecule has 0 radical (unpaired) electrons. The predicted molar refractivity (Wildman–Crippen MR) is 115 cm³/mol. The lowest BCUT2D eigenvalue weighted by atomic mass is 10.1. The Morgan fingerprint density at radius 3 is 2.31 bits per heavy atom. The van der Waals surface area contributed by atoms with Crippen molar-refractivity contribution in [2.75, 3.05) is 31.1 Å². The van der Waals surface area contributed by atoms with Gasteiger partial charge in [-0.25, -0.2) is 9.37 Å². The van der Waals surface area contributed by atoms with Gasteiger partial charge in [-0.05, 0) is 31.2 Å². The van der Waals surface area contributed by atoms with Crippen LogP contribution in [0, 0.1) is 12.7 Å². The molecule has 0 saturated carbocycles. The molecule has 0 amide bonds. The summed E-state index contributed by atoms with van der Waals surface area (Å²) >= 11 is 6.38. The maximum atomic E-state index is 13.3. The van der Waals surface area contributed by atoms with Crippen molar-refractivity contribution in [3.05, 3.63) is 58.9 Å². The zero-order valence-corrected chi connectivity index (χ0v) is 17.9. The minimum atomic E-state index is -0.257. The zero-order chi connectivity index (χ0) is 19.7. The van der Waals surface area contributed by atoms with Crippen LogP contribution in [0.3, 0.4) is 0 Å². The number of anilines is 1. The van der Waals surface area contributed by atoms with E-state index in [1.165, 1.54) is 12.1 Å². The van der Waals surface area contributed by atoms with Crippen molar-refractivity contribution in [1.29, 1.82) is 0 Å². The van der Waals surface area contributed by atoms with E-state index in [1.54, 1.807) is 29.2 Å². The van der Waals surface area contributed by atoms with Crippen LogP contribution < -0.4 is 4.90 Å². The van der Waals surface area contributed by atoms with Crippen molar-refractivity contribution in [2.45, 2.75) is 13.5 Å². The number of aryl methyl sites for hydroxylation is 2. The Hall–Kier alpha value is -2.22. The third kappa shape index (κ3) is 4.52. The molecule has 3 heterocycles. The largest absolute Gasteiger partial charge is 0.352 e. The maximum Gasteiger partial charge on any atom is 0.155 e. The molecule has 1 aromatic carbocycles. The van der Waals surface area contributed by atoms with Crippen LogP contribution in [0.25, 0.3) is 11.3 Å². The number of rotatable bonds is 4. The summed E-state index contributed by atoms with van der Waals surface area (Å²) in [6.45, 7) is 6.24. The average molecular weight is 437 g/mol. The van der Waals surface area contributed by atoms with Crippen LogP contribution in [0.4, 0.5) is 10.2 Å². The van der Waals surface area contributed by atoms with E-state index in [0.29, 0.717) is 5.15 Å². The first-order valence-corrected chi connectivity index (χ1v) is 9.63. The molecule has 2 aromatic heterocycles. The maximum absolute atomic E-state index is 13.3. The fourth-order valence-electron chi connectivity index (χ4n) is 3.57. The van der Waals surface area contributed by atoms with Gasteiger partial charge in [0.1, 0.15) is 16.7 Å². The molecule has 1 aliphatic heterocycles. The van der Waals surface area contributed by atoms with Gasteiger partial charge in [-0.2, -0.15) is 5.10 Å². The van der Waals surface area contributed by atoms with E-state index in [9.17, 15) is 4.39 Å². The van der Waals surface area contributed by atoms with Crippen molar-refractivity contribution >= 4 is 29.8 Å². The van der Waals surface area contributed by atoms with Crippen molar-refractivity contribution in [3.63, 3.8) is 0 Å². The summed E-state index contributed by atoms with van der Waals surface area (Å²) in [5, 5.41) is 5.09. The number of hydrogen-bond acceptors (Lipinski definition) is 5. The quantitative estimate of drug-likeness (QED) is 0.623. The fraction of sp³-hybridized carbons (Fsp3) is 0.350. The first kappa shape index (κ1) is 21.5. The van der Waals surface area contributed by atoms with E-state index in [2.05, 4.69) is 24.9 Å². The lowest BCUT2D eigenvalue weighted by Gasteiger charge is -2.35. The van der Waals surface area contributed by atoms with Crippen molar-refractivity contribution < 1.29 is 4.39 Å². The van der Waals surface area contributed by atoms with Crippen LogP contribution in [0.15, 0.2) is 36.7 Å². The summed E-state index contributed by atoms with van der Waals surface area (Å²) in [7, 11) is 1.86. The first-order chi connectivity index (χ1) is 13.5. The van der Waals surface area contributed by atoms with Gasteiger partial charge in [-0.15, -0.1) is 12.4 Å². The monoisotopic (exact) mass is 436 g/mol. The molecule has 154 valence electrons. The van der Waals surface area contributed by atoms with E-state index in [1.807, 2.05) is 14.0 Å². The number of nitrogens with zero attached hydrogens (tertiary/aromatic N) is 6. The first-order valence-electron chi connectivity index (χ1n) is 9.25. The van der Waals surface area contributed by atoms with Crippen LogP contribution in [-0.2, 0) is 13.6 Å². The second-order valence-electron chi connectivity index (χ2n) is 6.98. The average Bonchev–Trinajstić information content (AvgIpc) is 2.95. The third-order valence-electron chi connectivity index (χ3n) is 5.12. The SMILES string of the molecule is Cc1nn(C)c(Cl)c1CN1CCN(c2nccnc2-c2ccc(F)cc2)CC1.Cl. The van der Waals surface area contributed by atoms with E-state index in [4.69, 9.17) is 11.6 Å². The molecule has 0 aliphatic carbocycles. The van der Waals surface area contributed by atoms with Gasteiger partial charge in [0, 0.05) is 63.3 Å². The Morgan fingerprint density at radius 1 is 1.03 bits per heavy atom. The second kappa shape index (κ2) is 9.07. The standard InChI is InChI=1S/C20H22ClFN6.ClH/c1-14-17(19(21)26(2)25-14)13-27-9-11-28(12-10-27)20-18(23-7-8-24-20)15-3-5-16(22)6-4-15;/h3-8H,9-13H2,1-2H3;1H. The molecule has 0 atom stereocenters. The fourth-order valence-corrected chi connectivity index (χ4v) is 3.80. The molecular formula is C20H23Cl2FN6. The molecule has 1 fully saturated rings. The molecule has 9 heteroatoms. The molecule has 3 aromatic rings. The van der Waals surface area contributed by atoms with Gasteiger partial charge in [0.05, 0.1) is 5.69 Å². The topological polar surface area (TPSA) is 50.1 Å². The van der Waals surface area contributed by atoms with E-state index in [-0.39, 0.29) is 18.2 Å². The van der Waals surface area contributed by atoms with Gasteiger partial charge in [-0.1, -0.05) is 11.6 Å². The lowest BCUT2D eigenvalue weighted by Crippen LogP contribution is -2.46. The Bertz CT molecular complexity index is 968. The van der Waals surface area contributed by atoms with E-state index >= 15 is 0 Å². The zero-order valence-electron chi connectivity index (χ0n) is 16.3. The van der Waals surface area contributed by atoms with E-state index in [0.717, 1.165) is 61.1 Å². The minimum absolute atomic E-state index is 0.